The summed E-state index contributed by atoms with van der Waals surface area (Å²) in [5.74, 6) is -1.23. The summed E-state index contributed by atoms with van der Waals surface area (Å²) in [6.45, 7) is 2.23. The average Bonchev–Trinajstić information content (AvgIpc) is 2.57. The average molecular weight is 246 g/mol. The molecule has 1 aliphatic rings. The smallest absolute Gasteiger partial charge is 0.321 e. The van der Waals surface area contributed by atoms with Crippen LogP contribution in [0.2, 0.25) is 0 Å². The van der Waals surface area contributed by atoms with Crippen LogP contribution in [-0.2, 0) is 14.4 Å². The fraction of sp³-hybridized carbons (Fsp3) is 0.444. The van der Waals surface area contributed by atoms with E-state index in [1.165, 1.54) is 17.1 Å². The predicted octanol–water partition coefficient (Wildman–Crippen LogP) is -0.741. The Balaban J connectivity index is 0.000000293. The second-order valence-corrected chi connectivity index (χ2v) is 3.25. The lowest BCUT2D eigenvalue weighted by molar-refractivity contribution is -0.138. The second kappa shape index (κ2) is 7.02. The van der Waals surface area contributed by atoms with E-state index in [1.807, 2.05) is 0 Å². The number of carbonyl (C=O) groups is 3. The molecule has 7 heteroatoms. The molecule has 0 aromatic carbocycles. The van der Waals surface area contributed by atoms with Gasteiger partial charge < -0.3 is 10.8 Å². The number of imide groups is 1. The molecule has 1 atom stereocenters. The third-order valence-electron chi connectivity index (χ3n) is 1.73. The largest absolute Gasteiger partial charge is 0.480 e. The number of thiol groups is 1. The lowest BCUT2D eigenvalue weighted by Crippen LogP contribution is -2.31. The summed E-state index contributed by atoms with van der Waals surface area (Å²) in [5, 5.41) is 8.01. The molecule has 0 aromatic rings. The number of aliphatic carboxylic acids is 1. The van der Waals surface area contributed by atoms with Crippen LogP contribution < -0.4 is 5.73 Å². The van der Waals surface area contributed by atoms with Gasteiger partial charge in [-0.25, -0.2) is 0 Å². The van der Waals surface area contributed by atoms with Gasteiger partial charge in [-0.05, 0) is 6.92 Å². The van der Waals surface area contributed by atoms with Crippen molar-refractivity contribution in [1.29, 1.82) is 0 Å². The van der Waals surface area contributed by atoms with E-state index in [-0.39, 0.29) is 17.6 Å². The first-order valence-electron chi connectivity index (χ1n) is 4.56. The van der Waals surface area contributed by atoms with Crippen molar-refractivity contribution in [2.45, 2.75) is 13.0 Å². The summed E-state index contributed by atoms with van der Waals surface area (Å²) < 4.78 is 0. The molecule has 2 amide bonds. The second-order valence-electron chi connectivity index (χ2n) is 2.88. The minimum absolute atomic E-state index is 0.190. The third kappa shape index (κ3) is 4.45. The Bertz CT molecular complexity index is 299. The lowest BCUT2D eigenvalue weighted by atomic mass is 10.4. The number of carboxylic acid groups (broad SMARTS) is 1. The van der Waals surface area contributed by atoms with Crippen molar-refractivity contribution < 1.29 is 19.5 Å². The molecule has 1 aliphatic heterocycles. The fourth-order valence-corrected chi connectivity index (χ4v) is 0.977. The summed E-state index contributed by atoms with van der Waals surface area (Å²) in [6, 6.07) is -0.816. The molecule has 0 aliphatic carbocycles. The summed E-state index contributed by atoms with van der Waals surface area (Å²) in [5.41, 5.74) is 4.94. The van der Waals surface area contributed by atoms with Crippen LogP contribution in [0.4, 0.5) is 0 Å². The van der Waals surface area contributed by atoms with Crippen LogP contribution >= 0.6 is 12.6 Å². The number of hydrogen-bond donors (Lipinski definition) is 3. The predicted molar refractivity (Wildman–Crippen MR) is 61.0 cm³/mol. The standard InChI is InChI=1S/C6H7NO2.C3H7NO2S/c1-2-7-5(8)3-4-6(7)9;4-2(1-7)3(5)6/h3-4H,2H2,1H3;2,7H,1,4H2,(H,5,6). The quantitative estimate of drug-likeness (QED) is 0.450. The number of amides is 2. The minimum Gasteiger partial charge on any atom is -0.480 e. The van der Waals surface area contributed by atoms with E-state index < -0.39 is 12.0 Å². The van der Waals surface area contributed by atoms with Crippen LogP contribution in [0.5, 0.6) is 0 Å². The molecule has 0 saturated carbocycles. The molecule has 6 nitrogen and oxygen atoms in total. The van der Waals surface area contributed by atoms with Crippen molar-refractivity contribution in [1.82, 2.24) is 4.90 Å². The highest BCUT2D eigenvalue weighted by Crippen LogP contribution is 2.00. The molecule has 1 rings (SSSR count). The molecule has 0 fully saturated rings. The molecule has 0 spiro atoms. The summed E-state index contributed by atoms with van der Waals surface area (Å²) in [6.07, 6.45) is 2.57. The zero-order chi connectivity index (χ0) is 12.7. The highest BCUT2D eigenvalue weighted by atomic mass is 32.1. The maximum absolute atomic E-state index is 10.6. The Morgan fingerprint density at radius 1 is 1.50 bits per heavy atom. The molecule has 0 aromatic heterocycles. The Morgan fingerprint density at radius 2 is 1.94 bits per heavy atom. The Hall–Kier alpha value is -1.34. The fourth-order valence-electron chi connectivity index (χ4n) is 0.821. The number of hydrogen-bond acceptors (Lipinski definition) is 5. The van der Waals surface area contributed by atoms with Crippen molar-refractivity contribution in [3.8, 4) is 0 Å². The van der Waals surface area contributed by atoms with E-state index >= 15 is 0 Å². The molecular weight excluding hydrogens is 232 g/mol. The number of nitrogens with two attached hydrogens (primary N) is 1. The topological polar surface area (TPSA) is 101 Å². The summed E-state index contributed by atoms with van der Waals surface area (Å²) >= 11 is 3.65. The van der Waals surface area contributed by atoms with Crippen molar-refractivity contribution in [3.05, 3.63) is 12.2 Å². The zero-order valence-electron chi connectivity index (χ0n) is 8.79. The van der Waals surface area contributed by atoms with Crippen LogP contribution in [0.3, 0.4) is 0 Å². The van der Waals surface area contributed by atoms with E-state index in [4.69, 9.17) is 10.8 Å². The van der Waals surface area contributed by atoms with Gasteiger partial charge in [0.05, 0.1) is 0 Å². The summed E-state index contributed by atoms with van der Waals surface area (Å²) in [7, 11) is 0. The highest BCUT2D eigenvalue weighted by molar-refractivity contribution is 7.80. The van der Waals surface area contributed by atoms with Crippen LogP contribution in [0.1, 0.15) is 6.92 Å². The SMILES string of the molecule is CCN1C(=O)C=CC1=O.NC(CS)C(=O)O. The van der Waals surface area contributed by atoms with E-state index in [0.29, 0.717) is 6.54 Å². The molecule has 0 saturated heterocycles. The normalized spacial score (nSPS) is 15.8. The molecule has 90 valence electrons. The first-order chi connectivity index (χ1) is 7.43. The van der Waals surface area contributed by atoms with Gasteiger partial charge in [-0.2, -0.15) is 12.6 Å². The number of carbonyl (C=O) groups excluding carboxylic acids is 2. The number of likely N-dealkylation sites (N-methyl/N-ethyl adjacent to an activating group) is 1. The van der Waals surface area contributed by atoms with Crippen LogP contribution in [0, 0.1) is 0 Å². The van der Waals surface area contributed by atoms with Gasteiger partial charge in [0.2, 0.25) is 0 Å². The van der Waals surface area contributed by atoms with Crippen molar-refractivity contribution >= 4 is 30.4 Å². The van der Waals surface area contributed by atoms with Gasteiger partial charge in [-0.1, -0.05) is 0 Å². The third-order valence-corrected chi connectivity index (χ3v) is 2.12. The highest BCUT2D eigenvalue weighted by Gasteiger charge is 2.20. The zero-order valence-corrected chi connectivity index (χ0v) is 9.68. The van der Waals surface area contributed by atoms with Gasteiger partial charge in [0.25, 0.3) is 11.8 Å². The molecule has 1 unspecified atom stereocenters. The monoisotopic (exact) mass is 246 g/mol. The lowest BCUT2D eigenvalue weighted by Gasteiger charge is -2.08. The van der Waals surface area contributed by atoms with E-state index in [9.17, 15) is 14.4 Å². The van der Waals surface area contributed by atoms with Crippen molar-refractivity contribution in [2.24, 2.45) is 5.73 Å². The number of nitrogens with zero attached hydrogens (tertiary/aromatic N) is 1. The Morgan fingerprint density at radius 3 is 2.06 bits per heavy atom. The van der Waals surface area contributed by atoms with E-state index in [0.717, 1.165) is 0 Å². The molecular formula is C9H14N2O4S. The molecule has 0 radical (unpaired) electrons. The van der Waals surface area contributed by atoms with Gasteiger partial charge in [-0.15, -0.1) is 0 Å². The maximum atomic E-state index is 10.6. The van der Waals surface area contributed by atoms with E-state index in [1.54, 1.807) is 6.92 Å². The van der Waals surface area contributed by atoms with Crippen LogP contribution in [0.25, 0.3) is 0 Å². The van der Waals surface area contributed by atoms with Crippen molar-refractivity contribution in [3.63, 3.8) is 0 Å². The molecule has 0 bridgehead atoms. The van der Waals surface area contributed by atoms with Gasteiger partial charge in [0.1, 0.15) is 6.04 Å². The molecule has 16 heavy (non-hydrogen) atoms. The maximum Gasteiger partial charge on any atom is 0.321 e. The van der Waals surface area contributed by atoms with Crippen LogP contribution in [0.15, 0.2) is 12.2 Å². The Kier molecular flexibility index (Phi) is 6.43. The first-order valence-corrected chi connectivity index (χ1v) is 5.20. The number of carboxylic acids is 1. The van der Waals surface area contributed by atoms with Gasteiger partial charge in [0.15, 0.2) is 0 Å². The van der Waals surface area contributed by atoms with Gasteiger partial charge in [-0.3, -0.25) is 19.3 Å². The Labute approximate surface area is 98.5 Å². The van der Waals surface area contributed by atoms with Gasteiger partial charge in [0, 0.05) is 24.4 Å². The van der Waals surface area contributed by atoms with Gasteiger partial charge >= 0.3 is 5.97 Å². The first kappa shape index (κ1) is 14.7. The van der Waals surface area contributed by atoms with Crippen LogP contribution in [-0.4, -0.2) is 46.1 Å². The summed E-state index contributed by atoms with van der Waals surface area (Å²) in [4.78, 5) is 32.2. The minimum atomic E-state index is -1.00. The van der Waals surface area contributed by atoms with Crippen molar-refractivity contribution in [2.75, 3.05) is 12.3 Å². The van der Waals surface area contributed by atoms with E-state index in [2.05, 4.69) is 12.6 Å². The number of rotatable bonds is 3. The molecule has 1 heterocycles. The molecule has 3 N–H and O–H groups in total.